The highest BCUT2D eigenvalue weighted by Gasteiger charge is 2.36. The third kappa shape index (κ3) is 3.16. The molecule has 0 saturated carbocycles. The van der Waals surface area contributed by atoms with E-state index in [0.717, 1.165) is 5.56 Å². The smallest absolute Gasteiger partial charge is 0.233 e. The Balaban J connectivity index is 1.60. The van der Waals surface area contributed by atoms with Gasteiger partial charge in [-0.05, 0) is 17.5 Å². The van der Waals surface area contributed by atoms with Crippen LogP contribution in [0, 0.1) is 5.41 Å². The fourth-order valence-electron chi connectivity index (χ4n) is 2.42. The molecule has 2 aromatic rings. The van der Waals surface area contributed by atoms with Crippen LogP contribution >= 0.6 is 0 Å². The zero-order chi connectivity index (χ0) is 15.7. The maximum atomic E-state index is 12.1. The van der Waals surface area contributed by atoms with Gasteiger partial charge in [-0.15, -0.1) is 0 Å². The van der Waals surface area contributed by atoms with Crippen molar-refractivity contribution in [2.75, 3.05) is 13.1 Å². The summed E-state index contributed by atoms with van der Waals surface area (Å²) in [6.07, 6.45) is 3.95. The van der Waals surface area contributed by atoms with Crippen LogP contribution in [0.25, 0.3) is 11.4 Å². The minimum absolute atomic E-state index is 0.0151. The van der Waals surface area contributed by atoms with Gasteiger partial charge in [0, 0.05) is 37.5 Å². The number of amides is 1. The van der Waals surface area contributed by atoms with Crippen molar-refractivity contribution in [2.45, 2.75) is 33.1 Å². The number of hydrogen-bond acceptors (Lipinski definition) is 5. The Bertz CT molecular complexity index is 654. The van der Waals surface area contributed by atoms with Crippen LogP contribution in [0.15, 0.2) is 29.0 Å². The van der Waals surface area contributed by atoms with Crippen molar-refractivity contribution in [1.82, 2.24) is 20.0 Å². The van der Waals surface area contributed by atoms with Crippen LogP contribution in [0.3, 0.4) is 0 Å². The number of carbonyl (C=O) groups excluding carboxylic acids is 1. The zero-order valence-corrected chi connectivity index (χ0v) is 13.1. The number of nitrogens with zero attached hydrogens (tertiary/aromatic N) is 4. The molecule has 1 aliphatic rings. The maximum Gasteiger partial charge on any atom is 0.233 e. The van der Waals surface area contributed by atoms with E-state index in [2.05, 4.69) is 35.9 Å². The molecule has 3 heterocycles. The van der Waals surface area contributed by atoms with E-state index in [1.54, 1.807) is 12.4 Å². The number of aromatic nitrogens is 3. The summed E-state index contributed by atoms with van der Waals surface area (Å²) in [5, 5.41) is 4.00. The molecule has 2 aromatic heterocycles. The molecule has 6 heteroatoms. The van der Waals surface area contributed by atoms with Gasteiger partial charge in [0.1, 0.15) is 0 Å². The molecule has 6 nitrogen and oxygen atoms in total. The summed E-state index contributed by atoms with van der Waals surface area (Å²) in [6, 6.07) is 3.68. The summed E-state index contributed by atoms with van der Waals surface area (Å²) in [4.78, 5) is 22.3. The molecule has 0 radical (unpaired) electrons. The standard InChI is InChI=1S/C16H20N4O2/c1-16(2,3)8-13(21)20-9-12(10-20)15-18-14(19-22-15)11-4-6-17-7-5-11/h4-7,12H,8-10H2,1-3H3. The van der Waals surface area contributed by atoms with Crippen LogP contribution in [0.1, 0.15) is 39.0 Å². The molecule has 1 amide bonds. The van der Waals surface area contributed by atoms with E-state index in [-0.39, 0.29) is 17.2 Å². The lowest BCUT2D eigenvalue weighted by molar-refractivity contribution is -0.137. The van der Waals surface area contributed by atoms with Gasteiger partial charge in [0.2, 0.25) is 17.6 Å². The molecule has 22 heavy (non-hydrogen) atoms. The van der Waals surface area contributed by atoms with Gasteiger partial charge in [0.25, 0.3) is 0 Å². The van der Waals surface area contributed by atoms with Gasteiger partial charge in [-0.1, -0.05) is 25.9 Å². The summed E-state index contributed by atoms with van der Waals surface area (Å²) in [5.74, 6) is 1.51. The van der Waals surface area contributed by atoms with E-state index < -0.39 is 0 Å². The van der Waals surface area contributed by atoms with Crippen LogP contribution in [-0.4, -0.2) is 39.0 Å². The monoisotopic (exact) mass is 300 g/mol. The third-order valence-electron chi connectivity index (χ3n) is 3.65. The molecule has 0 spiro atoms. The summed E-state index contributed by atoms with van der Waals surface area (Å²) >= 11 is 0. The normalized spacial score (nSPS) is 15.7. The Labute approximate surface area is 129 Å². The lowest BCUT2D eigenvalue weighted by atomic mass is 9.90. The second-order valence-electron chi connectivity index (χ2n) is 6.93. The molecule has 116 valence electrons. The molecular weight excluding hydrogens is 280 g/mol. The van der Waals surface area contributed by atoms with Gasteiger partial charge in [-0.25, -0.2) is 0 Å². The van der Waals surface area contributed by atoms with Crippen LogP contribution < -0.4 is 0 Å². The molecule has 1 saturated heterocycles. The highest BCUT2D eigenvalue weighted by Crippen LogP contribution is 2.30. The molecule has 1 fully saturated rings. The van der Waals surface area contributed by atoms with Crippen LogP contribution in [0.5, 0.6) is 0 Å². The quantitative estimate of drug-likeness (QED) is 0.871. The summed E-state index contributed by atoms with van der Waals surface area (Å²) in [6.45, 7) is 7.53. The second-order valence-corrected chi connectivity index (χ2v) is 6.93. The number of hydrogen-bond donors (Lipinski definition) is 0. The Kier molecular flexibility index (Phi) is 3.68. The van der Waals surface area contributed by atoms with Crippen molar-refractivity contribution >= 4 is 5.91 Å². The van der Waals surface area contributed by atoms with Gasteiger partial charge >= 0.3 is 0 Å². The Morgan fingerprint density at radius 3 is 2.64 bits per heavy atom. The van der Waals surface area contributed by atoms with Crippen molar-refractivity contribution in [3.63, 3.8) is 0 Å². The molecule has 0 unspecified atom stereocenters. The first-order valence-corrected chi connectivity index (χ1v) is 7.44. The molecule has 0 bridgehead atoms. The first-order chi connectivity index (χ1) is 10.4. The predicted octanol–water partition coefficient (Wildman–Crippen LogP) is 2.49. The highest BCUT2D eigenvalue weighted by molar-refractivity contribution is 5.77. The Morgan fingerprint density at radius 1 is 1.32 bits per heavy atom. The van der Waals surface area contributed by atoms with Crippen LogP contribution in [0.2, 0.25) is 0 Å². The fourth-order valence-corrected chi connectivity index (χ4v) is 2.42. The number of pyridine rings is 1. The number of rotatable bonds is 3. The minimum Gasteiger partial charge on any atom is -0.341 e. The second kappa shape index (κ2) is 5.51. The van der Waals surface area contributed by atoms with E-state index >= 15 is 0 Å². The third-order valence-corrected chi connectivity index (χ3v) is 3.65. The predicted molar refractivity (Wildman–Crippen MR) is 80.9 cm³/mol. The Hall–Kier alpha value is -2.24. The Morgan fingerprint density at radius 2 is 2.00 bits per heavy atom. The fraction of sp³-hybridized carbons (Fsp3) is 0.500. The molecule has 1 aliphatic heterocycles. The van der Waals surface area contributed by atoms with E-state index in [0.29, 0.717) is 31.2 Å². The largest absolute Gasteiger partial charge is 0.341 e. The average Bonchev–Trinajstić information content (AvgIpc) is 2.85. The molecule has 0 aliphatic carbocycles. The summed E-state index contributed by atoms with van der Waals surface area (Å²) < 4.78 is 5.33. The molecule has 0 N–H and O–H groups in total. The van der Waals surface area contributed by atoms with E-state index in [4.69, 9.17) is 4.52 Å². The SMILES string of the molecule is CC(C)(C)CC(=O)N1CC(c2nc(-c3ccncc3)no2)C1. The number of carbonyl (C=O) groups is 1. The van der Waals surface area contributed by atoms with Crippen molar-refractivity contribution < 1.29 is 9.32 Å². The average molecular weight is 300 g/mol. The molecular formula is C16H20N4O2. The topological polar surface area (TPSA) is 72.1 Å². The van der Waals surface area contributed by atoms with Crippen molar-refractivity contribution in [3.8, 4) is 11.4 Å². The van der Waals surface area contributed by atoms with Crippen LogP contribution in [-0.2, 0) is 4.79 Å². The van der Waals surface area contributed by atoms with Gasteiger partial charge < -0.3 is 9.42 Å². The van der Waals surface area contributed by atoms with E-state index in [1.165, 1.54) is 0 Å². The van der Waals surface area contributed by atoms with E-state index in [1.807, 2.05) is 17.0 Å². The van der Waals surface area contributed by atoms with E-state index in [9.17, 15) is 4.79 Å². The minimum atomic E-state index is 0.0151. The zero-order valence-electron chi connectivity index (χ0n) is 13.1. The summed E-state index contributed by atoms with van der Waals surface area (Å²) in [5.41, 5.74) is 0.895. The molecule has 0 aromatic carbocycles. The van der Waals surface area contributed by atoms with Crippen molar-refractivity contribution in [2.24, 2.45) is 5.41 Å². The molecule has 0 atom stereocenters. The lowest BCUT2D eigenvalue weighted by Gasteiger charge is -2.38. The van der Waals surface area contributed by atoms with Gasteiger partial charge in [0.05, 0.1) is 5.92 Å². The summed E-state index contributed by atoms with van der Waals surface area (Å²) in [7, 11) is 0. The van der Waals surface area contributed by atoms with Crippen molar-refractivity contribution in [3.05, 3.63) is 30.4 Å². The first-order valence-electron chi connectivity index (χ1n) is 7.44. The van der Waals surface area contributed by atoms with Gasteiger partial charge in [-0.3, -0.25) is 9.78 Å². The molecule has 3 rings (SSSR count). The van der Waals surface area contributed by atoms with Gasteiger partial charge in [-0.2, -0.15) is 4.98 Å². The number of likely N-dealkylation sites (tertiary alicyclic amines) is 1. The highest BCUT2D eigenvalue weighted by atomic mass is 16.5. The first kappa shape index (κ1) is 14.7. The van der Waals surface area contributed by atoms with Gasteiger partial charge in [0.15, 0.2) is 0 Å². The van der Waals surface area contributed by atoms with Crippen molar-refractivity contribution in [1.29, 1.82) is 0 Å². The van der Waals surface area contributed by atoms with Crippen LogP contribution in [0.4, 0.5) is 0 Å². The lowest BCUT2D eigenvalue weighted by Crippen LogP contribution is -2.49. The maximum absolute atomic E-state index is 12.1.